The maximum absolute atomic E-state index is 10.6. The number of likely N-dealkylation sites (N-methyl/N-ethyl adjacent to an activating group) is 1. The number of aromatic nitrogens is 2. The van der Waals surface area contributed by atoms with Crippen LogP contribution in [0, 0.1) is 0 Å². The summed E-state index contributed by atoms with van der Waals surface area (Å²) in [7, 11) is 0. The van der Waals surface area contributed by atoms with E-state index in [4.69, 9.17) is 16.6 Å². The highest BCUT2D eigenvalue weighted by molar-refractivity contribution is 6.33. The van der Waals surface area contributed by atoms with Crippen LogP contribution in [-0.4, -0.2) is 45.3 Å². The molecule has 0 radical (unpaired) electrons. The van der Waals surface area contributed by atoms with Gasteiger partial charge in [-0.3, -0.25) is 0 Å². The van der Waals surface area contributed by atoms with Crippen LogP contribution in [0.1, 0.15) is 13.8 Å². The number of para-hydroxylation sites is 2. The molecule has 5 heteroatoms. The van der Waals surface area contributed by atoms with Crippen LogP contribution in [0.3, 0.4) is 0 Å². The molecule has 1 atom stereocenters. The van der Waals surface area contributed by atoms with E-state index in [-0.39, 0.29) is 0 Å². The zero-order valence-electron chi connectivity index (χ0n) is 14.7. The Morgan fingerprint density at radius 3 is 2.48 bits per heavy atom. The second-order valence-electron chi connectivity index (χ2n) is 6.15. The minimum absolute atomic E-state index is 0.473. The van der Waals surface area contributed by atoms with E-state index in [0.717, 1.165) is 35.5 Å². The van der Waals surface area contributed by atoms with Gasteiger partial charge in [-0.2, -0.15) is 0 Å². The molecular formula is C20H24ClN3O. The number of rotatable bonds is 7. The maximum atomic E-state index is 10.6. The van der Waals surface area contributed by atoms with Crippen LogP contribution in [0.2, 0.25) is 5.02 Å². The Labute approximate surface area is 153 Å². The van der Waals surface area contributed by atoms with Gasteiger partial charge in [-0.25, -0.2) is 4.98 Å². The summed E-state index contributed by atoms with van der Waals surface area (Å²) in [5.41, 5.74) is 2.80. The number of fused-ring (bicyclic) bond motifs is 1. The van der Waals surface area contributed by atoms with Crippen molar-refractivity contribution in [3.05, 3.63) is 53.6 Å². The van der Waals surface area contributed by atoms with Gasteiger partial charge in [-0.1, -0.05) is 49.7 Å². The first kappa shape index (κ1) is 17.9. The van der Waals surface area contributed by atoms with Crippen LogP contribution in [0.4, 0.5) is 0 Å². The summed E-state index contributed by atoms with van der Waals surface area (Å²) in [4.78, 5) is 6.99. The first-order valence-corrected chi connectivity index (χ1v) is 9.12. The van der Waals surface area contributed by atoms with Crippen LogP contribution in [0.15, 0.2) is 48.5 Å². The third kappa shape index (κ3) is 3.87. The van der Waals surface area contributed by atoms with Crippen LogP contribution in [0.5, 0.6) is 0 Å². The minimum atomic E-state index is -0.473. The first-order chi connectivity index (χ1) is 12.1. The summed E-state index contributed by atoms with van der Waals surface area (Å²) in [6.07, 6.45) is -0.473. The molecule has 0 aliphatic heterocycles. The van der Waals surface area contributed by atoms with E-state index in [9.17, 15) is 5.11 Å². The SMILES string of the molecule is CCN(CC)C[C@H](O)Cn1c(-c2ccccc2Cl)nc2ccccc21. The summed E-state index contributed by atoms with van der Waals surface area (Å²) in [6.45, 7) is 7.19. The van der Waals surface area contributed by atoms with Crippen molar-refractivity contribution in [2.24, 2.45) is 0 Å². The number of halogens is 1. The summed E-state index contributed by atoms with van der Waals surface area (Å²) in [5, 5.41) is 11.3. The van der Waals surface area contributed by atoms with Gasteiger partial charge in [0.1, 0.15) is 5.82 Å². The number of nitrogens with zero attached hydrogens (tertiary/aromatic N) is 3. The maximum Gasteiger partial charge on any atom is 0.142 e. The normalized spacial score (nSPS) is 12.8. The molecule has 0 aliphatic rings. The van der Waals surface area contributed by atoms with Crippen molar-refractivity contribution in [3.8, 4) is 11.4 Å². The number of benzene rings is 2. The molecule has 2 aromatic carbocycles. The smallest absolute Gasteiger partial charge is 0.142 e. The fourth-order valence-corrected chi connectivity index (χ4v) is 3.38. The summed E-state index contributed by atoms with van der Waals surface area (Å²) in [6, 6.07) is 15.7. The third-order valence-electron chi connectivity index (χ3n) is 4.53. The molecule has 1 aromatic heterocycles. The van der Waals surface area contributed by atoms with E-state index >= 15 is 0 Å². The fraction of sp³-hybridized carbons (Fsp3) is 0.350. The summed E-state index contributed by atoms with van der Waals surface area (Å²) < 4.78 is 2.07. The quantitative estimate of drug-likeness (QED) is 0.693. The molecule has 0 aliphatic carbocycles. The van der Waals surface area contributed by atoms with Gasteiger partial charge in [0.15, 0.2) is 0 Å². The molecule has 3 rings (SSSR count). The molecule has 0 amide bonds. The van der Waals surface area contributed by atoms with Gasteiger partial charge in [-0.05, 0) is 37.4 Å². The Bertz CT molecular complexity index is 842. The first-order valence-electron chi connectivity index (χ1n) is 8.74. The summed E-state index contributed by atoms with van der Waals surface area (Å²) >= 11 is 6.40. The largest absolute Gasteiger partial charge is 0.390 e. The predicted octanol–water partition coefficient (Wildman–Crippen LogP) is 4.06. The highest BCUT2D eigenvalue weighted by Gasteiger charge is 2.18. The van der Waals surface area contributed by atoms with E-state index in [2.05, 4.69) is 23.3 Å². The molecule has 0 saturated carbocycles. The molecule has 132 valence electrons. The van der Waals surface area contributed by atoms with Crippen molar-refractivity contribution in [3.63, 3.8) is 0 Å². The lowest BCUT2D eigenvalue weighted by molar-refractivity contribution is 0.104. The van der Waals surface area contributed by atoms with Gasteiger partial charge in [0, 0.05) is 12.1 Å². The number of hydrogen-bond acceptors (Lipinski definition) is 3. The van der Waals surface area contributed by atoms with Crippen LogP contribution < -0.4 is 0 Å². The Hall–Kier alpha value is -1.88. The zero-order valence-corrected chi connectivity index (χ0v) is 15.4. The topological polar surface area (TPSA) is 41.3 Å². The second kappa shape index (κ2) is 8.00. The molecule has 0 saturated heterocycles. The van der Waals surface area contributed by atoms with Gasteiger partial charge in [0.05, 0.1) is 28.7 Å². The van der Waals surface area contributed by atoms with Crippen molar-refractivity contribution in [2.45, 2.75) is 26.5 Å². The Morgan fingerprint density at radius 1 is 1.08 bits per heavy atom. The number of hydrogen-bond donors (Lipinski definition) is 1. The van der Waals surface area contributed by atoms with Crippen molar-refractivity contribution < 1.29 is 5.11 Å². The fourth-order valence-electron chi connectivity index (χ4n) is 3.16. The lowest BCUT2D eigenvalue weighted by atomic mass is 10.2. The number of aliphatic hydroxyl groups is 1. The van der Waals surface area contributed by atoms with E-state index in [0.29, 0.717) is 18.1 Å². The van der Waals surface area contributed by atoms with Crippen molar-refractivity contribution in [2.75, 3.05) is 19.6 Å². The highest BCUT2D eigenvalue weighted by atomic mass is 35.5. The predicted molar refractivity (Wildman–Crippen MR) is 104 cm³/mol. The van der Waals surface area contributed by atoms with Gasteiger partial charge in [0.25, 0.3) is 0 Å². The highest BCUT2D eigenvalue weighted by Crippen LogP contribution is 2.30. The molecule has 0 bridgehead atoms. The monoisotopic (exact) mass is 357 g/mol. The van der Waals surface area contributed by atoms with Gasteiger partial charge < -0.3 is 14.6 Å². The number of imidazole rings is 1. The molecule has 0 unspecified atom stereocenters. The molecule has 1 heterocycles. The molecule has 25 heavy (non-hydrogen) atoms. The minimum Gasteiger partial charge on any atom is -0.390 e. The standard InChI is InChI=1S/C20H24ClN3O/c1-3-23(4-2)13-15(25)14-24-19-12-8-7-11-18(19)22-20(24)16-9-5-6-10-17(16)21/h5-12,15,25H,3-4,13-14H2,1-2H3/t15-/m0/s1. The molecular weight excluding hydrogens is 334 g/mol. The van der Waals surface area contributed by atoms with E-state index in [1.54, 1.807) is 0 Å². The lowest BCUT2D eigenvalue weighted by Gasteiger charge is -2.23. The van der Waals surface area contributed by atoms with Crippen molar-refractivity contribution in [1.29, 1.82) is 0 Å². The number of aliphatic hydroxyl groups excluding tert-OH is 1. The Kier molecular flexibility index (Phi) is 5.74. The average molecular weight is 358 g/mol. The molecule has 1 N–H and O–H groups in total. The molecule has 3 aromatic rings. The molecule has 0 fully saturated rings. The van der Waals surface area contributed by atoms with Crippen LogP contribution in [0.25, 0.3) is 22.4 Å². The van der Waals surface area contributed by atoms with E-state index < -0.39 is 6.10 Å². The second-order valence-corrected chi connectivity index (χ2v) is 6.56. The van der Waals surface area contributed by atoms with Crippen molar-refractivity contribution in [1.82, 2.24) is 14.5 Å². The molecule has 4 nitrogen and oxygen atoms in total. The third-order valence-corrected chi connectivity index (χ3v) is 4.86. The average Bonchev–Trinajstić information content (AvgIpc) is 2.98. The van der Waals surface area contributed by atoms with Crippen LogP contribution in [-0.2, 0) is 6.54 Å². The van der Waals surface area contributed by atoms with Crippen molar-refractivity contribution >= 4 is 22.6 Å². The Balaban J connectivity index is 2.01. The van der Waals surface area contributed by atoms with Crippen LogP contribution >= 0.6 is 11.6 Å². The van der Waals surface area contributed by atoms with E-state index in [1.807, 2.05) is 48.5 Å². The lowest BCUT2D eigenvalue weighted by Crippen LogP contribution is -2.34. The Morgan fingerprint density at radius 2 is 1.76 bits per heavy atom. The summed E-state index contributed by atoms with van der Waals surface area (Å²) in [5.74, 6) is 0.797. The zero-order chi connectivity index (χ0) is 17.8. The van der Waals surface area contributed by atoms with Gasteiger partial charge in [-0.15, -0.1) is 0 Å². The molecule has 0 spiro atoms. The van der Waals surface area contributed by atoms with E-state index in [1.165, 1.54) is 0 Å². The van der Waals surface area contributed by atoms with Gasteiger partial charge in [0.2, 0.25) is 0 Å². The van der Waals surface area contributed by atoms with Gasteiger partial charge >= 0.3 is 0 Å².